The molecule has 0 unspecified atom stereocenters. The lowest BCUT2D eigenvalue weighted by Crippen LogP contribution is -2.06. The van der Waals surface area contributed by atoms with E-state index in [2.05, 4.69) is 68.7 Å². The molecule has 0 bridgehead atoms. The number of aromatic nitrogens is 2. The molecule has 0 atom stereocenters. The zero-order valence-electron chi connectivity index (χ0n) is 17.3. The molecule has 0 radical (unpaired) electrons. The lowest BCUT2D eigenvalue weighted by molar-refractivity contribution is 0.644. The van der Waals surface area contributed by atoms with Crippen LogP contribution in [-0.2, 0) is 13.0 Å². The molecule has 0 saturated carbocycles. The van der Waals surface area contributed by atoms with Gasteiger partial charge in [-0.1, -0.05) is 44.5 Å². The fourth-order valence-electron chi connectivity index (χ4n) is 3.59. The molecule has 3 nitrogen and oxygen atoms in total. The van der Waals surface area contributed by atoms with Gasteiger partial charge in [0.05, 0.1) is 11.0 Å². The van der Waals surface area contributed by atoms with Gasteiger partial charge in [0.1, 0.15) is 5.82 Å². The monoisotopic (exact) mass is 363 g/mol. The van der Waals surface area contributed by atoms with Gasteiger partial charge in [-0.3, -0.25) is 0 Å². The largest absolute Gasteiger partial charge is 0.330 e. The number of aryl methyl sites for hydroxylation is 3. The van der Waals surface area contributed by atoms with E-state index in [1.54, 1.807) is 0 Å². The maximum Gasteiger partial charge on any atom is 0.110 e. The number of imidazole rings is 1. The fourth-order valence-corrected chi connectivity index (χ4v) is 3.59. The molecule has 1 heterocycles. The first-order chi connectivity index (χ1) is 13.0. The first-order valence-electron chi connectivity index (χ1n) is 10.2. The molecule has 0 spiro atoms. The molecule has 0 amide bonds. The van der Waals surface area contributed by atoms with Crippen LogP contribution in [0.3, 0.4) is 0 Å². The Labute approximate surface area is 163 Å². The zero-order valence-corrected chi connectivity index (χ0v) is 17.3. The van der Waals surface area contributed by atoms with Crippen molar-refractivity contribution < 1.29 is 0 Å². The summed E-state index contributed by atoms with van der Waals surface area (Å²) in [7, 11) is 0. The highest BCUT2D eigenvalue weighted by molar-refractivity contribution is 5.78. The quantitative estimate of drug-likeness (QED) is 0.537. The van der Waals surface area contributed by atoms with Crippen molar-refractivity contribution in [2.24, 2.45) is 5.73 Å². The Hall–Kier alpha value is -2.13. The Morgan fingerprint density at radius 1 is 0.963 bits per heavy atom. The molecule has 2 N–H and O–H groups in total. The minimum Gasteiger partial charge on any atom is -0.330 e. The maximum atomic E-state index is 5.65. The normalized spacial score (nSPS) is 11.6. The summed E-state index contributed by atoms with van der Waals surface area (Å²) in [4.78, 5) is 4.99. The predicted molar refractivity (Wildman–Crippen MR) is 115 cm³/mol. The number of unbranched alkanes of at least 4 members (excludes halogenated alkanes) is 2. The van der Waals surface area contributed by atoms with Gasteiger partial charge < -0.3 is 10.3 Å². The number of hydrogen-bond donors (Lipinski definition) is 1. The summed E-state index contributed by atoms with van der Waals surface area (Å²) in [6.45, 7) is 10.5. The smallest absolute Gasteiger partial charge is 0.110 e. The average molecular weight is 364 g/mol. The van der Waals surface area contributed by atoms with Crippen molar-refractivity contribution in [1.29, 1.82) is 0 Å². The van der Waals surface area contributed by atoms with Gasteiger partial charge in [-0.15, -0.1) is 0 Å². The van der Waals surface area contributed by atoms with Crippen molar-refractivity contribution in [3.63, 3.8) is 0 Å². The molecule has 0 aliphatic carbocycles. The standard InChI is InChI=1S/C24H33N3/c1-17(2)21-11-9-20(10-12-21)16-27-23-15-19(4)18(3)14-22(23)26-24(27)8-6-5-7-13-25/h9-12,14-15,17H,5-8,13,16,25H2,1-4H3. The minimum atomic E-state index is 0.567. The predicted octanol–water partition coefficient (Wildman–Crippen LogP) is 5.50. The second kappa shape index (κ2) is 8.71. The van der Waals surface area contributed by atoms with E-state index in [9.17, 15) is 0 Å². The van der Waals surface area contributed by atoms with Crippen LogP contribution in [0.1, 0.15) is 67.1 Å². The molecule has 3 heteroatoms. The second-order valence-electron chi connectivity index (χ2n) is 8.03. The summed E-state index contributed by atoms with van der Waals surface area (Å²) in [6.07, 6.45) is 4.41. The van der Waals surface area contributed by atoms with E-state index in [4.69, 9.17) is 10.7 Å². The van der Waals surface area contributed by atoms with Crippen LogP contribution in [0.4, 0.5) is 0 Å². The van der Waals surface area contributed by atoms with E-state index >= 15 is 0 Å². The highest BCUT2D eigenvalue weighted by Gasteiger charge is 2.13. The van der Waals surface area contributed by atoms with Gasteiger partial charge in [-0.2, -0.15) is 0 Å². The molecule has 27 heavy (non-hydrogen) atoms. The Morgan fingerprint density at radius 3 is 2.33 bits per heavy atom. The highest BCUT2D eigenvalue weighted by atomic mass is 15.1. The van der Waals surface area contributed by atoms with Crippen molar-refractivity contribution in [3.05, 3.63) is 64.5 Å². The molecule has 0 aliphatic heterocycles. The third-order valence-corrected chi connectivity index (χ3v) is 5.53. The van der Waals surface area contributed by atoms with Gasteiger partial charge in [0, 0.05) is 13.0 Å². The van der Waals surface area contributed by atoms with Crippen molar-refractivity contribution in [2.45, 2.75) is 65.8 Å². The number of nitrogens with zero attached hydrogens (tertiary/aromatic N) is 2. The van der Waals surface area contributed by atoms with Gasteiger partial charge in [-0.25, -0.2) is 4.98 Å². The summed E-state index contributed by atoms with van der Waals surface area (Å²) >= 11 is 0. The third kappa shape index (κ3) is 4.59. The molecule has 2 aromatic carbocycles. The summed E-state index contributed by atoms with van der Waals surface area (Å²) < 4.78 is 2.41. The molecular weight excluding hydrogens is 330 g/mol. The lowest BCUT2D eigenvalue weighted by atomic mass is 10.0. The van der Waals surface area contributed by atoms with Gasteiger partial charge in [-0.05, 0) is 73.5 Å². The summed E-state index contributed by atoms with van der Waals surface area (Å²) in [6, 6.07) is 13.6. The highest BCUT2D eigenvalue weighted by Crippen LogP contribution is 2.24. The summed E-state index contributed by atoms with van der Waals surface area (Å²) in [5, 5.41) is 0. The molecule has 0 fully saturated rings. The van der Waals surface area contributed by atoms with E-state index in [1.165, 1.54) is 40.0 Å². The Kier molecular flexibility index (Phi) is 6.33. The van der Waals surface area contributed by atoms with Crippen LogP contribution in [-0.4, -0.2) is 16.1 Å². The molecule has 1 aromatic heterocycles. The SMILES string of the molecule is Cc1cc2nc(CCCCCN)n(Cc3ccc(C(C)C)cc3)c2cc1C. The van der Waals surface area contributed by atoms with Crippen LogP contribution in [0.25, 0.3) is 11.0 Å². The summed E-state index contributed by atoms with van der Waals surface area (Å²) in [5.41, 5.74) is 13.4. The molecule has 3 aromatic rings. The molecule has 144 valence electrons. The van der Waals surface area contributed by atoms with Gasteiger partial charge in [0.25, 0.3) is 0 Å². The number of hydrogen-bond acceptors (Lipinski definition) is 2. The van der Waals surface area contributed by atoms with Gasteiger partial charge >= 0.3 is 0 Å². The van der Waals surface area contributed by atoms with E-state index in [0.29, 0.717) is 5.92 Å². The maximum absolute atomic E-state index is 5.65. The molecule has 3 rings (SSSR count). The number of nitrogens with two attached hydrogens (primary N) is 1. The minimum absolute atomic E-state index is 0.567. The van der Waals surface area contributed by atoms with Crippen LogP contribution in [0.2, 0.25) is 0 Å². The Bertz CT molecular complexity index is 888. The Balaban J connectivity index is 1.93. The zero-order chi connectivity index (χ0) is 19.4. The van der Waals surface area contributed by atoms with E-state index in [-0.39, 0.29) is 0 Å². The van der Waals surface area contributed by atoms with Crippen molar-refractivity contribution in [1.82, 2.24) is 9.55 Å². The van der Waals surface area contributed by atoms with Crippen molar-refractivity contribution in [2.75, 3.05) is 6.54 Å². The first-order valence-corrected chi connectivity index (χ1v) is 10.2. The third-order valence-electron chi connectivity index (χ3n) is 5.53. The fraction of sp³-hybridized carbons (Fsp3) is 0.458. The van der Waals surface area contributed by atoms with Crippen LogP contribution < -0.4 is 5.73 Å². The van der Waals surface area contributed by atoms with Crippen molar-refractivity contribution >= 4 is 11.0 Å². The number of benzene rings is 2. The van der Waals surface area contributed by atoms with E-state index < -0.39 is 0 Å². The Morgan fingerprint density at radius 2 is 1.67 bits per heavy atom. The average Bonchev–Trinajstić information content (AvgIpc) is 2.96. The van der Waals surface area contributed by atoms with E-state index in [0.717, 1.165) is 37.9 Å². The molecule has 0 saturated heterocycles. The molecule has 0 aliphatic rings. The van der Waals surface area contributed by atoms with Crippen LogP contribution in [0.5, 0.6) is 0 Å². The van der Waals surface area contributed by atoms with Crippen LogP contribution in [0, 0.1) is 13.8 Å². The number of fused-ring (bicyclic) bond motifs is 1. The van der Waals surface area contributed by atoms with Crippen molar-refractivity contribution in [3.8, 4) is 0 Å². The molecular formula is C24H33N3. The van der Waals surface area contributed by atoms with Gasteiger partial charge in [0.15, 0.2) is 0 Å². The lowest BCUT2D eigenvalue weighted by Gasteiger charge is -2.12. The van der Waals surface area contributed by atoms with E-state index in [1.807, 2.05) is 0 Å². The topological polar surface area (TPSA) is 43.8 Å². The van der Waals surface area contributed by atoms with Gasteiger partial charge in [0.2, 0.25) is 0 Å². The number of rotatable bonds is 8. The second-order valence-corrected chi connectivity index (χ2v) is 8.03. The summed E-state index contributed by atoms with van der Waals surface area (Å²) in [5.74, 6) is 1.76. The first kappa shape index (κ1) is 19.6. The van der Waals surface area contributed by atoms with Crippen LogP contribution in [0.15, 0.2) is 36.4 Å². The van der Waals surface area contributed by atoms with Crippen LogP contribution >= 0.6 is 0 Å².